The van der Waals surface area contributed by atoms with Crippen LogP contribution < -0.4 is 10.6 Å². The number of nitrogens with one attached hydrogen (secondary N) is 2. The summed E-state index contributed by atoms with van der Waals surface area (Å²) in [4.78, 5) is 4.27. The Bertz CT molecular complexity index is 705. The molecule has 2 rings (SSSR count). The normalized spacial score (nSPS) is 20.4. The molecule has 1 heterocycles. The molecule has 1 fully saturated rings. The van der Waals surface area contributed by atoms with Gasteiger partial charge in [0, 0.05) is 18.2 Å². The molecule has 24 heavy (non-hydrogen) atoms. The van der Waals surface area contributed by atoms with E-state index in [1.165, 1.54) is 0 Å². The number of nitrogens with zero attached hydrogens (tertiary/aromatic N) is 1. The zero-order chi connectivity index (χ0) is 17.7. The maximum Gasteiger partial charge on any atom is 0.191 e. The second-order valence-electron chi connectivity index (χ2n) is 6.35. The summed E-state index contributed by atoms with van der Waals surface area (Å²) in [6, 6.07) is 3.36. The van der Waals surface area contributed by atoms with Crippen molar-refractivity contribution in [3.05, 3.63) is 35.4 Å². The highest BCUT2D eigenvalue weighted by Crippen LogP contribution is 2.17. The van der Waals surface area contributed by atoms with Gasteiger partial charge in [0.1, 0.15) is 11.6 Å². The number of benzene rings is 1. The SMILES string of the molecule is CC(C)NC(=NCc1cc(F)ccc1F)NCC1CCS(=O)(=O)C1. The van der Waals surface area contributed by atoms with Crippen LogP contribution in [-0.2, 0) is 16.4 Å². The third-order valence-corrected chi connectivity index (χ3v) is 5.56. The second kappa shape index (κ2) is 7.92. The summed E-state index contributed by atoms with van der Waals surface area (Å²) < 4.78 is 49.8. The Morgan fingerprint density at radius 3 is 2.75 bits per heavy atom. The molecule has 1 aliphatic heterocycles. The van der Waals surface area contributed by atoms with Gasteiger partial charge in [0.05, 0.1) is 18.1 Å². The molecule has 0 saturated carbocycles. The van der Waals surface area contributed by atoms with Gasteiger partial charge in [0.2, 0.25) is 0 Å². The highest BCUT2D eigenvalue weighted by Gasteiger charge is 2.27. The average molecular weight is 359 g/mol. The van der Waals surface area contributed by atoms with Crippen molar-refractivity contribution in [1.82, 2.24) is 10.6 Å². The number of aliphatic imine (C=N–C) groups is 1. The van der Waals surface area contributed by atoms with Gasteiger partial charge in [-0.1, -0.05) is 0 Å². The summed E-state index contributed by atoms with van der Waals surface area (Å²) >= 11 is 0. The van der Waals surface area contributed by atoms with E-state index in [4.69, 9.17) is 0 Å². The Labute approximate surface area is 141 Å². The molecule has 0 bridgehead atoms. The maximum atomic E-state index is 13.7. The van der Waals surface area contributed by atoms with Crippen LogP contribution >= 0.6 is 0 Å². The van der Waals surface area contributed by atoms with Crippen LogP contribution in [0.25, 0.3) is 0 Å². The lowest BCUT2D eigenvalue weighted by atomic mass is 10.1. The molecule has 1 saturated heterocycles. The van der Waals surface area contributed by atoms with E-state index in [0.29, 0.717) is 18.9 Å². The number of guanidine groups is 1. The molecule has 0 amide bonds. The second-order valence-corrected chi connectivity index (χ2v) is 8.58. The first kappa shape index (κ1) is 18.6. The van der Waals surface area contributed by atoms with Crippen LogP contribution in [0.2, 0.25) is 0 Å². The molecule has 1 aliphatic rings. The fourth-order valence-electron chi connectivity index (χ4n) is 2.53. The average Bonchev–Trinajstić information content (AvgIpc) is 2.84. The van der Waals surface area contributed by atoms with Gasteiger partial charge in [0.25, 0.3) is 0 Å². The van der Waals surface area contributed by atoms with Gasteiger partial charge in [0.15, 0.2) is 15.8 Å². The molecule has 2 N–H and O–H groups in total. The predicted octanol–water partition coefficient (Wildman–Crippen LogP) is 1.84. The first-order valence-corrected chi connectivity index (χ1v) is 9.76. The van der Waals surface area contributed by atoms with E-state index in [-0.39, 0.29) is 35.6 Å². The number of hydrogen-bond donors (Lipinski definition) is 2. The van der Waals surface area contributed by atoms with Crippen LogP contribution in [0, 0.1) is 17.6 Å². The van der Waals surface area contributed by atoms with Crippen LogP contribution in [-0.4, -0.2) is 38.5 Å². The number of halogens is 2. The molecule has 0 spiro atoms. The first-order valence-electron chi connectivity index (χ1n) is 7.94. The van der Waals surface area contributed by atoms with Crippen LogP contribution in [0.1, 0.15) is 25.8 Å². The van der Waals surface area contributed by atoms with Crippen molar-refractivity contribution < 1.29 is 17.2 Å². The van der Waals surface area contributed by atoms with Gasteiger partial charge in [-0.3, -0.25) is 0 Å². The van der Waals surface area contributed by atoms with Gasteiger partial charge in [-0.25, -0.2) is 22.2 Å². The van der Waals surface area contributed by atoms with Crippen molar-refractivity contribution >= 4 is 15.8 Å². The fourth-order valence-corrected chi connectivity index (χ4v) is 4.39. The summed E-state index contributed by atoms with van der Waals surface area (Å²) in [6.07, 6.45) is 0.628. The maximum absolute atomic E-state index is 13.7. The first-order chi connectivity index (χ1) is 11.2. The summed E-state index contributed by atoms with van der Waals surface area (Å²) in [7, 11) is -2.92. The van der Waals surface area contributed by atoms with E-state index >= 15 is 0 Å². The molecule has 134 valence electrons. The molecular weight excluding hydrogens is 336 g/mol. The van der Waals surface area contributed by atoms with Gasteiger partial charge >= 0.3 is 0 Å². The molecule has 0 radical (unpaired) electrons. The van der Waals surface area contributed by atoms with Crippen LogP contribution in [0.3, 0.4) is 0 Å². The summed E-state index contributed by atoms with van der Waals surface area (Å²) in [6.45, 7) is 4.33. The van der Waals surface area contributed by atoms with Crippen molar-refractivity contribution in [3.8, 4) is 0 Å². The molecular formula is C16H23F2N3O2S. The van der Waals surface area contributed by atoms with E-state index in [2.05, 4.69) is 15.6 Å². The van der Waals surface area contributed by atoms with Crippen LogP contribution in [0.5, 0.6) is 0 Å². The third-order valence-electron chi connectivity index (χ3n) is 3.73. The largest absolute Gasteiger partial charge is 0.356 e. The van der Waals surface area contributed by atoms with E-state index in [1.807, 2.05) is 13.8 Å². The van der Waals surface area contributed by atoms with Crippen molar-refractivity contribution in [1.29, 1.82) is 0 Å². The molecule has 1 aromatic rings. The molecule has 0 aromatic heterocycles. The number of rotatable bonds is 5. The molecule has 1 atom stereocenters. The highest BCUT2D eigenvalue weighted by molar-refractivity contribution is 7.91. The number of sulfone groups is 1. The minimum Gasteiger partial charge on any atom is -0.356 e. The minimum atomic E-state index is -2.92. The highest BCUT2D eigenvalue weighted by atomic mass is 32.2. The van der Waals surface area contributed by atoms with E-state index in [0.717, 1.165) is 18.2 Å². The van der Waals surface area contributed by atoms with Gasteiger partial charge in [-0.05, 0) is 44.4 Å². The van der Waals surface area contributed by atoms with Gasteiger partial charge in [-0.2, -0.15) is 0 Å². The quantitative estimate of drug-likeness (QED) is 0.622. The molecule has 0 aliphatic carbocycles. The minimum absolute atomic E-state index is 0.00535. The van der Waals surface area contributed by atoms with Crippen LogP contribution in [0.15, 0.2) is 23.2 Å². The van der Waals surface area contributed by atoms with Crippen molar-refractivity contribution in [2.24, 2.45) is 10.9 Å². The third kappa shape index (κ3) is 5.74. The summed E-state index contributed by atoms with van der Waals surface area (Å²) in [5, 5.41) is 6.20. The fraction of sp³-hybridized carbons (Fsp3) is 0.562. The van der Waals surface area contributed by atoms with E-state index < -0.39 is 21.5 Å². The van der Waals surface area contributed by atoms with Crippen LogP contribution in [0.4, 0.5) is 8.78 Å². The lowest BCUT2D eigenvalue weighted by Gasteiger charge is -2.17. The lowest BCUT2D eigenvalue weighted by molar-refractivity contribution is 0.561. The summed E-state index contributed by atoms with van der Waals surface area (Å²) in [5.74, 6) is -0.126. The lowest BCUT2D eigenvalue weighted by Crippen LogP contribution is -2.43. The monoisotopic (exact) mass is 359 g/mol. The van der Waals surface area contributed by atoms with Gasteiger partial charge < -0.3 is 10.6 Å². The van der Waals surface area contributed by atoms with Crippen molar-refractivity contribution in [2.75, 3.05) is 18.1 Å². The van der Waals surface area contributed by atoms with Crippen molar-refractivity contribution in [3.63, 3.8) is 0 Å². The standard InChI is InChI=1S/C16H23F2N3O2S/c1-11(2)21-16(19-8-12-5-6-24(22,23)10-12)20-9-13-7-14(17)3-4-15(13)18/h3-4,7,11-12H,5-6,8-10H2,1-2H3,(H2,19,20,21). The molecule has 1 aromatic carbocycles. The van der Waals surface area contributed by atoms with Gasteiger partial charge in [-0.15, -0.1) is 0 Å². The predicted molar refractivity (Wildman–Crippen MR) is 90.5 cm³/mol. The Balaban J connectivity index is 2.00. The van der Waals surface area contributed by atoms with Crippen molar-refractivity contribution in [2.45, 2.75) is 32.9 Å². The number of hydrogen-bond acceptors (Lipinski definition) is 3. The molecule has 8 heteroatoms. The zero-order valence-electron chi connectivity index (χ0n) is 13.9. The smallest absolute Gasteiger partial charge is 0.191 e. The molecule has 5 nitrogen and oxygen atoms in total. The Morgan fingerprint density at radius 1 is 1.38 bits per heavy atom. The Hall–Kier alpha value is -1.70. The molecule has 1 unspecified atom stereocenters. The Morgan fingerprint density at radius 2 is 2.12 bits per heavy atom. The Kier molecular flexibility index (Phi) is 6.15. The van der Waals surface area contributed by atoms with E-state index in [9.17, 15) is 17.2 Å². The topological polar surface area (TPSA) is 70.6 Å². The summed E-state index contributed by atoms with van der Waals surface area (Å²) in [5.41, 5.74) is 0.170. The zero-order valence-corrected chi connectivity index (χ0v) is 14.7. The van der Waals surface area contributed by atoms with E-state index in [1.54, 1.807) is 0 Å².